The Morgan fingerprint density at radius 2 is 1.32 bits per heavy atom. The molecule has 0 bridgehead atoms. The number of rotatable bonds is 14. The van der Waals surface area contributed by atoms with Crippen LogP contribution in [0.3, 0.4) is 0 Å². The molecule has 3 fully saturated rings. The second-order valence-electron chi connectivity index (χ2n) is 13.0. The van der Waals surface area contributed by atoms with Crippen molar-refractivity contribution in [2.75, 3.05) is 54.9 Å². The third-order valence-corrected chi connectivity index (χ3v) is 10.0. The van der Waals surface area contributed by atoms with E-state index in [4.69, 9.17) is 42.6 Å². The lowest BCUT2D eigenvalue weighted by molar-refractivity contribution is -0.277. The Bertz CT molecular complexity index is 1680. The van der Waals surface area contributed by atoms with Crippen LogP contribution in [-0.2, 0) is 14.2 Å². The minimum atomic E-state index is -1.65. The highest BCUT2D eigenvalue weighted by Crippen LogP contribution is 2.54. The second-order valence-corrected chi connectivity index (χ2v) is 13.0. The summed E-state index contributed by atoms with van der Waals surface area (Å²) in [6, 6.07) is 13.0. The van der Waals surface area contributed by atoms with Gasteiger partial charge in [0.25, 0.3) is 0 Å². The lowest BCUT2D eigenvalue weighted by Gasteiger charge is -2.39. The minimum absolute atomic E-state index is 0.00405. The number of hydrogen-bond donors (Lipinski definition) is 7. The van der Waals surface area contributed by atoms with Gasteiger partial charge in [-0.25, -0.2) is 0 Å². The van der Waals surface area contributed by atoms with Gasteiger partial charge in [0.15, 0.2) is 40.6 Å². The first-order chi connectivity index (χ1) is 25.6. The molecule has 0 spiro atoms. The molecule has 3 aliphatic heterocycles. The first kappa shape index (κ1) is 38.6. The van der Waals surface area contributed by atoms with Crippen LogP contribution in [0, 0.1) is 11.8 Å². The van der Waals surface area contributed by atoms with Gasteiger partial charge in [-0.15, -0.1) is 0 Å². The highest BCUT2D eigenvalue weighted by Gasteiger charge is 2.49. The van der Waals surface area contributed by atoms with Crippen molar-refractivity contribution in [1.29, 1.82) is 0 Å². The fourth-order valence-corrected chi connectivity index (χ4v) is 7.10. The highest BCUT2D eigenvalue weighted by molar-refractivity contribution is 5.55. The van der Waals surface area contributed by atoms with Crippen molar-refractivity contribution in [3.8, 4) is 40.2 Å². The molecule has 0 radical (unpaired) electrons. The zero-order valence-electron chi connectivity index (χ0n) is 29.6. The maximum Gasteiger partial charge on any atom is 0.229 e. The second kappa shape index (κ2) is 16.5. The monoisotopic (exact) mass is 746 g/mol. The highest BCUT2D eigenvalue weighted by atomic mass is 16.7. The third kappa shape index (κ3) is 7.51. The van der Waals surface area contributed by atoms with Crippen molar-refractivity contribution in [3.05, 3.63) is 65.2 Å². The van der Waals surface area contributed by atoms with Crippen LogP contribution in [0.25, 0.3) is 0 Å². The molecule has 3 aliphatic rings. The molecule has 0 amide bonds. The van der Waals surface area contributed by atoms with E-state index in [9.17, 15) is 35.7 Å². The summed E-state index contributed by atoms with van der Waals surface area (Å²) in [6.07, 6.45) is -10.9. The van der Waals surface area contributed by atoms with E-state index in [0.717, 1.165) is 11.1 Å². The van der Waals surface area contributed by atoms with Crippen molar-refractivity contribution in [3.63, 3.8) is 0 Å². The molecule has 16 heteroatoms. The quantitative estimate of drug-likeness (QED) is 0.123. The van der Waals surface area contributed by atoms with Gasteiger partial charge < -0.3 is 78.4 Å². The topological polar surface area (TPSA) is 225 Å². The van der Waals surface area contributed by atoms with Gasteiger partial charge in [0.05, 0.1) is 67.1 Å². The van der Waals surface area contributed by atoms with Gasteiger partial charge >= 0.3 is 0 Å². The molecule has 0 saturated carbocycles. The van der Waals surface area contributed by atoms with Gasteiger partial charge in [-0.3, -0.25) is 0 Å². The summed E-state index contributed by atoms with van der Waals surface area (Å²) in [5, 5.41) is 72.1. The number of methoxy groups -OCH3 is 4. The molecule has 290 valence electrons. The molecule has 0 unspecified atom stereocenters. The molecule has 6 rings (SSSR count). The van der Waals surface area contributed by atoms with E-state index in [0.29, 0.717) is 19.0 Å². The van der Waals surface area contributed by atoms with Crippen molar-refractivity contribution >= 4 is 0 Å². The number of aromatic hydroxyl groups is 1. The molecular weight excluding hydrogens is 700 g/mol. The SMILES string of the molecule is COc1cc([C@H]2O[C@@H](c3cc(OC)c(O[C@H](CO)[C@H](O)c4ccc(O[C@@H]5O[C@H](CO)[C@@H](O)[C@H](O)[C@H]5O)c(OC)c4)c(OC)c3)[C@@H]3COC[C@@H]32)ccc1O. The third-order valence-electron chi connectivity index (χ3n) is 10.0. The molecule has 0 aromatic heterocycles. The van der Waals surface area contributed by atoms with Gasteiger partial charge in [-0.1, -0.05) is 12.1 Å². The van der Waals surface area contributed by atoms with Crippen LogP contribution in [0.4, 0.5) is 0 Å². The Balaban J connectivity index is 1.22. The maximum atomic E-state index is 11.4. The number of aliphatic hydroxyl groups excluding tert-OH is 6. The van der Waals surface area contributed by atoms with E-state index in [-0.39, 0.29) is 58.0 Å². The maximum absolute atomic E-state index is 11.4. The van der Waals surface area contributed by atoms with Crippen LogP contribution in [-0.4, -0.2) is 127 Å². The zero-order chi connectivity index (χ0) is 38.0. The van der Waals surface area contributed by atoms with E-state index < -0.39 is 62.2 Å². The summed E-state index contributed by atoms with van der Waals surface area (Å²) in [5.41, 5.74) is 1.84. The van der Waals surface area contributed by atoms with Gasteiger partial charge in [0.2, 0.25) is 12.0 Å². The van der Waals surface area contributed by atoms with E-state index in [1.54, 1.807) is 30.3 Å². The number of ether oxygens (including phenoxy) is 9. The van der Waals surface area contributed by atoms with E-state index in [1.165, 1.54) is 46.6 Å². The average Bonchev–Trinajstić information content (AvgIpc) is 3.80. The number of aliphatic hydroxyl groups is 6. The Morgan fingerprint density at radius 1 is 0.698 bits per heavy atom. The summed E-state index contributed by atoms with van der Waals surface area (Å²) in [4.78, 5) is 0. The van der Waals surface area contributed by atoms with Crippen molar-refractivity contribution < 1.29 is 78.4 Å². The zero-order valence-corrected chi connectivity index (χ0v) is 29.6. The Kier molecular flexibility index (Phi) is 12.0. The summed E-state index contributed by atoms with van der Waals surface area (Å²) >= 11 is 0. The summed E-state index contributed by atoms with van der Waals surface area (Å²) in [6.45, 7) is -0.286. The van der Waals surface area contributed by atoms with Crippen LogP contribution in [0.5, 0.6) is 40.2 Å². The molecule has 3 saturated heterocycles. The minimum Gasteiger partial charge on any atom is -0.504 e. The van der Waals surface area contributed by atoms with Crippen molar-refractivity contribution in [2.24, 2.45) is 11.8 Å². The number of phenols is 1. The van der Waals surface area contributed by atoms with E-state index >= 15 is 0 Å². The predicted molar refractivity (Wildman–Crippen MR) is 182 cm³/mol. The lowest BCUT2D eigenvalue weighted by atomic mass is 9.85. The molecule has 11 atom stereocenters. The molecule has 53 heavy (non-hydrogen) atoms. The molecular formula is C37H46O16. The predicted octanol–water partition coefficient (Wildman–Crippen LogP) is 1.15. The largest absolute Gasteiger partial charge is 0.504 e. The standard InChI is InChI=1S/C37H46O16/c1-45-24-10-18(5-7-22(24)40)34-20-15-49-16-21(20)35(53-34)19-11-26(47-3)36(27(12-19)48-4)50-28(13-38)30(41)17-6-8-23(25(9-17)46-2)51-37-33(44)32(43)31(42)29(14-39)52-37/h5-12,20-21,28-35,37-44H,13-16H2,1-4H3/t20-,21+,28+,29+,30+,31+,32-,33+,34+,35-,37+/m0/s1. The van der Waals surface area contributed by atoms with Gasteiger partial charge in [-0.05, 0) is 53.1 Å². The Labute approximate surface area is 305 Å². The Hall–Kier alpha value is -4.10. The van der Waals surface area contributed by atoms with Crippen molar-refractivity contribution in [1.82, 2.24) is 0 Å². The molecule has 3 aromatic carbocycles. The smallest absolute Gasteiger partial charge is 0.229 e. The molecule has 16 nitrogen and oxygen atoms in total. The van der Waals surface area contributed by atoms with Crippen LogP contribution in [0.15, 0.2) is 48.5 Å². The first-order valence-electron chi connectivity index (χ1n) is 17.0. The van der Waals surface area contributed by atoms with Crippen LogP contribution >= 0.6 is 0 Å². The molecule has 7 N–H and O–H groups in total. The Morgan fingerprint density at radius 3 is 1.92 bits per heavy atom. The average molecular weight is 747 g/mol. The molecule has 3 heterocycles. The molecule has 3 aromatic rings. The molecule has 0 aliphatic carbocycles. The van der Waals surface area contributed by atoms with Gasteiger partial charge in [0.1, 0.15) is 30.5 Å². The van der Waals surface area contributed by atoms with Crippen LogP contribution in [0.1, 0.15) is 35.0 Å². The normalized spacial score (nSPS) is 29.2. The van der Waals surface area contributed by atoms with Gasteiger partial charge in [-0.2, -0.15) is 0 Å². The summed E-state index contributed by atoms with van der Waals surface area (Å²) in [7, 11) is 5.75. The van der Waals surface area contributed by atoms with Crippen LogP contribution in [0.2, 0.25) is 0 Å². The first-order valence-corrected chi connectivity index (χ1v) is 17.0. The van der Waals surface area contributed by atoms with E-state index in [2.05, 4.69) is 0 Å². The number of fused-ring (bicyclic) bond motifs is 1. The van der Waals surface area contributed by atoms with Gasteiger partial charge in [0, 0.05) is 11.8 Å². The fourth-order valence-electron chi connectivity index (χ4n) is 7.10. The number of benzene rings is 3. The van der Waals surface area contributed by atoms with E-state index in [1.807, 2.05) is 0 Å². The van der Waals surface area contributed by atoms with Crippen molar-refractivity contribution in [2.45, 2.75) is 55.1 Å². The number of hydrogen-bond acceptors (Lipinski definition) is 16. The fraction of sp³-hybridized carbons (Fsp3) is 0.514. The lowest BCUT2D eigenvalue weighted by Crippen LogP contribution is -2.60. The van der Waals surface area contributed by atoms with Crippen LogP contribution < -0.4 is 28.4 Å². The number of phenolic OH excluding ortho intramolecular Hbond substituents is 1. The summed E-state index contributed by atoms with van der Waals surface area (Å²) in [5.74, 6) is 1.21. The summed E-state index contributed by atoms with van der Waals surface area (Å²) < 4.78 is 52.1.